The molecule has 1 saturated heterocycles. The Hall–Kier alpha value is -1.97. The second-order valence-electron chi connectivity index (χ2n) is 7.56. The van der Waals surface area contributed by atoms with Crippen molar-refractivity contribution in [1.82, 2.24) is 4.90 Å². The highest BCUT2D eigenvalue weighted by Gasteiger charge is 2.17. The molecule has 0 N–H and O–H groups in total. The number of likely N-dealkylation sites (tertiary alicyclic amines) is 1. The topological polar surface area (TPSA) is 25.6 Å². The minimum absolute atomic E-state index is 0. The standard InChI is InChI=1S/C24H29NO2.ClH/c1-3-26-20-9-7-19(8-10-20)17-24-21(12-15-25-13-4-5-14-25)22-16-18(2)6-11-23(22)27-24;/h6-11,16H,3-5,12-15,17H2,1-2H3;1H. The Morgan fingerprint density at radius 2 is 1.79 bits per heavy atom. The molecule has 4 rings (SSSR count). The Labute approximate surface area is 174 Å². The van der Waals surface area contributed by atoms with Gasteiger partial charge in [0, 0.05) is 23.9 Å². The highest BCUT2D eigenvalue weighted by atomic mass is 35.5. The van der Waals surface area contributed by atoms with Crippen LogP contribution >= 0.6 is 12.4 Å². The van der Waals surface area contributed by atoms with E-state index in [2.05, 4.69) is 54.3 Å². The summed E-state index contributed by atoms with van der Waals surface area (Å²) < 4.78 is 11.9. The summed E-state index contributed by atoms with van der Waals surface area (Å²) in [4.78, 5) is 2.58. The van der Waals surface area contributed by atoms with Crippen molar-refractivity contribution in [2.45, 2.75) is 39.5 Å². The second-order valence-corrected chi connectivity index (χ2v) is 7.56. The van der Waals surface area contributed by atoms with Crippen molar-refractivity contribution in [3.8, 4) is 5.75 Å². The number of benzene rings is 2. The average molecular weight is 400 g/mol. The molecule has 0 bridgehead atoms. The first-order valence-corrected chi connectivity index (χ1v) is 10.2. The third-order valence-electron chi connectivity index (χ3n) is 5.51. The van der Waals surface area contributed by atoms with Gasteiger partial charge in [0.1, 0.15) is 17.1 Å². The van der Waals surface area contributed by atoms with Crippen molar-refractivity contribution in [3.05, 3.63) is 64.9 Å². The van der Waals surface area contributed by atoms with Crippen LogP contribution in [0.2, 0.25) is 0 Å². The molecule has 1 aromatic heterocycles. The molecule has 1 aliphatic heterocycles. The van der Waals surface area contributed by atoms with Crippen molar-refractivity contribution in [2.24, 2.45) is 0 Å². The van der Waals surface area contributed by atoms with Gasteiger partial charge >= 0.3 is 0 Å². The first-order chi connectivity index (χ1) is 13.2. The predicted octanol–water partition coefficient (Wildman–Crippen LogP) is 5.79. The maximum Gasteiger partial charge on any atom is 0.134 e. The summed E-state index contributed by atoms with van der Waals surface area (Å²) in [5, 5.41) is 1.29. The molecular formula is C24H30ClNO2. The summed E-state index contributed by atoms with van der Waals surface area (Å²) in [6.45, 7) is 8.47. The number of hydrogen-bond acceptors (Lipinski definition) is 3. The van der Waals surface area contributed by atoms with Gasteiger partial charge in [0.15, 0.2) is 0 Å². The van der Waals surface area contributed by atoms with Crippen molar-refractivity contribution >= 4 is 23.4 Å². The monoisotopic (exact) mass is 399 g/mol. The van der Waals surface area contributed by atoms with Gasteiger partial charge < -0.3 is 14.1 Å². The van der Waals surface area contributed by atoms with Crippen LogP contribution < -0.4 is 4.74 Å². The summed E-state index contributed by atoms with van der Waals surface area (Å²) in [5.41, 5.74) is 4.95. The lowest BCUT2D eigenvalue weighted by Gasteiger charge is -2.14. The molecule has 0 unspecified atom stereocenters. The van der Waals surface area contributed by atoms with Crippen LogP contribution in [0.4, 0.5) is 0 Å². The minimum atomic E-state index is 0. The van der Waals surface area contributed by atoms with Crippen LogP contribution in [0, 0.1) is 6.92 Å². The Balaban J connectivity index is 0.00000225. The van der Waals surface area contributed by atoms with Crippen molar-refractivity contribution in [1.29, 1.82) is 0 Å². The lowest BCUT2D eigenvalue weighted by molar-refractivity contribution is 0.340. The molecule has 0 radical (unpaired) electrons. The lowest BCUT2D eigenvalue weighted by atomic mass is 10.0. The number of fused-ring (bicyclic) bond motifs is 1. The van der Waals surface area contributed by atoms with Crippen LogP contribution in [-0.2, 0) is 12.8 Å². The highest BCUT2D eigenvalue weighted by molar-refractivity contribution is 5.85. The Morgan fingerprint density at radius 3 is 2.50 bits per heavy atom. The summed E-state index contributed by atoms with van der Waals surface area (Å²) in [6, 6.07) is 14.9. The van der Waals surface area contributed by atoms with Gasteiger partial charge in [-0.25, -0.2) is 0 Å². The lowest BCUT2D eigenvalue weighted by Crippen LogP contribution is -2.22. The van der Waals surface area contributed by atoms with E-state index in [-0.39, 0.29) is 12.4 Å². The molecular weight excluding hydrogens is 370 g/mol. The molecule has 0 saturated carbocycles. The van der Waals surface area contributed by atoms with Crippen LogP contribution in [0.15, 0.2) is 46.9 Å². The molecule has 0 amide bonds. The van der Waals surface area contributed by atoms with Gasteiger partial charge in [0.25, 0.3) is 0 Å². The normalized spacial score (nSPS) is 14.4. The molecule has 1 fully saturated rings. The minimum Gasteiger partial charge on any atom is -0.494 e. The molecule has 2 aromatic carbocycles. The van der Waals surface area contributed by atoms with E-state index in [1.165, 1.54) is 48.0 Å². The van der Waals surface area contributed by atoms with E-state index in [0.29, 0.717) is 6.61 Å². The van der Waals surface area contributed by atoms with Crippen LogP contribution in [0.1, 0.15) is 42.2 Å². The van der Waals surface area contributed by atoms with Crippen molar-refractivity contribution in [2.75, 3.05) is 26.2 Å². The number of rotatable bonds is 7. The van der Waals surface area contributed by atoms with Gasteiger partial charge in [-0.1, -0.05) is 23.8 Å². The smallest absolute Gasteiger partial charge is 0.134 e. The quantitative estimate of drug-likeness (QED) is 0.502. The third-order valence-corrected chi connectivity index (χ3v) is 5.51. The summed E-state index contributed by atoms with van der Waals surface area (Å²) in [7, 11) is 0. The molecule has 2 heterocycles. The van der Waals surface area contributed by atoms with Gasteiger partial charge in [-0.15, -0.1) is 12.4 Å². The van der Waals surface area contributed by atoms with E-state index in [4.69, 9.17) is 9.15 Å². The average Bonchev–Trinajstić information content (AvgIpc) is 3.29. The zero-order valence-electron chi connectivity index (χ0n) is 16.9. The predicted molar refractivity (Wildman–Crippen MR) is 118 cm³/mol. The first-order valence-electron chi connectivity index (χ1n) is 10.2. The van der Waals surface area contributed by atoms with Gasteiger partial charge in [-0.05, 0) is 76.0 Å². The van der Waals surface area contributed by atoms with E-state index in [9.17, 15) is 0 Å². The fourth-order valence-corrected chi connectivity index (χ4v) is 4.06. The SMILES string of the molecule is CCOc1ccc(Cc2oc3ccc(C)cc3c2CCN2CCCC2)cc1.Cl. The van der Waals surface area contributed by atoms with Crippen molar-refractivity contribution in [3.63, 3.8) is 0 Å². The maximum atomic E-state index is 6.30. The summed E-state index contributed by atoms with van der Waals surface area (Å²) >= 11 is 0. The third kappa shape index (κ3) is 4.71. The molecule has 1 aliphatic rings. The van der Waals surface area contributed by atoms with E-state index in [0.717, 1.165) is 36.5 Å². The molecule has 0 spiro atoms. The number of furan rings is 1. The van der Waals surface area contributed by atoms with Gasteiger partial charge in [0.2, 0.25) is 0 Å². The van der Waals surface area contributed by atoms with Crippen LogP contribution in [-0.4, -0.2) is 31.1 Å². The fourth-order valence-electron chi connectivity index (χ4n) is 4.06. The van der Waals surface area contributed by atoms with Crippen LogP contribution in [0.5, 0.6) is 5.75 Å². The van der Waals surface area contributed by atoms with E-state index < -0.39 is 0 Å². The number of halogens is 1. The maximum absolute atomic E-state index is 6.30. The highest BCUT2D eigenvalue weighted by Crippen LogP contribution is 2.30. The van der Waals surface area contributed by atoms with Crippen molar-refractivity contribution < 1.29 is 9.15 Å². The molecule has 3 aromatic rings. The number of ether oxygens (including phenoxy) is 1. The van der Waals surface area contributed by atoms with E-state index >= 15 is 0 Å². The Bertz CT molecular complexity index is 895. The van der Waals surface area contributed by atoms with Gasteiger partial charge in [-0.2, -0.15) is 0 Å². The largest absolute Gasteiger partial charge is 0.494 e. The van der Waals surface area contributed by atoms with Crippen LogP contribution in [0.25, 0.3) is 11.0 Å². The molecule has 0 atom stereocenters. The summed E-state index contributed by atoms with van der Waals surface area (Å²) in [6.07, 6.45) is 4.56. The summed E-state index contributed by atoms with van der Waals surface area (Å²) in [5.74, 6) is 2.04. The van der Waals surface area contributed by atoms with Gasteiger partial charge in [0.05, 0.1) is 6.61 Å². The number of aryl methyl sites for hydroxylation is 1. The molecule has 0 aliphatic carbocycles. The molecule has 3 nitrogen and oxygen atoms in total. The molecule has 28 heavy (non-hydrogen) atoms. The Morgan fingerprint density at radius 1 is 1.04 bits per heavy atom. The zero-order valence-corrected chi connectivity index (χ0v) is 17.7. The van der Waals surface area contributed by atoms with Crippen LogP contribution in [0.3, 0.4) is 0 Å². The van der Waals surface area contributed by atoms with E-state index in [1.807, 2.05) is 6.92 Å². The zero-order chi connectivity index (χ0) is 18.6. The number of hydrogen-bond donors (Lipinski definition) is 0. The Kier molecular flexibility index (Phi) is 7.03. The van der Waals surface area contributed by atoms with E-state index in [1.54, 1.807) is 0 Å². The van der Waals surface area contributed by atoms with Gasteiger partial charge in [-0.3, -0.25) is 0 Å². The molecule has 4 heteroatoms. The molecule has 150 valence electrons. The first kappa shape index (κ1) is 20.8. The number of nitrogens with zero attached hydrogens (tertiary/aromatic N) is 1. The fraction of sp³-hybridized carbons (Fsp3) is 0.417. The second kappa shape index (κ2) is 9.49.